The fraction of sp³-hybridized carbons (Fsp3) is 0.714. The lowest BCUT2D eigenvalue weighted by Gasteiger charge is -2.13. The van der Waals surface area contributed by atoms with Crippen molar-refractivity contribution in [1.29, 1.82) is 0 Å². The molecule has 0 fully saturated rings. The minimum absolute atomic E-state index is 0.0549. The molecule has 0 saturated heterocycles. The van der Waals surface area contributed by atoms with Gasteiger partial charge in [0, 0.05) is 0 Å². The number of hydrogen-bond donors (Lipinski definition) is 2. The van der Waals surface area contributed by atoms with Gasteiger partial charge in [0.15, 0.2) is 10.1 Å². The van der Waals surface area contributed by atoms with Gasteiger partial charge in [-0.3, -0.25) is 0 Å². The third-order valence-corrected chi connectivity index (χ3v) is 1.62. The van der Waals surface area contributed by atoms with E-state index >= 15 is 0 Å². The van der Waals surface area contributed by atoms with Gasteiger partial charge < -0.3 is 14.9 Å². The van der Waals surface area contributed by atoms with Crippen LogP contribution in [0.1, 0.15) is 19.8 Å². The van der Waals surface area contributed by atoms with E-state index in [1.165, 1.54) is 0 Å². The van der Waals surface area contributed by atoms with E-state index in [1.807, 2.05) is 6.92 Å². The van der Waals surface area contributed by atoms with Crippen molar-refractivity contribution in [3.8, 4) is 0 Å². The average molecular weight is 208 g/mol. The van der Waals surface area contributed by atoms with Gasteiger partial charge in [-0.2, -0.15) is 0 Å². The molecule has 0 heterocycles. The minimum Gasteiger partial charge on any atom is -0.500 e. The number of rotatable bonds is 6. The van der Waals surface area contributed by atoms with Crippen LogP contribution < -0.4 is 0 Å². The van der Waals surface area contributed by atoms with E-state index in [4.69, 9.17) is 14.9 Å². The highest BCUT2D eigenvalue weighted by molar-refractivity contribution is 7.80. The molecule has 0 aliphatic carbocycles. The molecule has 0 aliphatic rings. The van der Waals surface area contributed by atoms with Crippen LogP contribution >= 0.6 is 24.4 Å². The van der Waals surface area contributed by atoms with Crippen LogP contribution in [-0.2, 0) is 4.74 Å². The summed E-state index contributed by atoms with van der Waals surface area (Å²) >= 11 is 8.93. The minimum atomic E-state index is -0.491. The van der Waals surface area contributed by atoms with Crippen LogP contribution in [-0.4, -0.2) is 33.0 Å². The Hall–Kier alpha value is -0.260. The first-order valence-electron chi connectivity index (χ1n) is 3.64. The maximum absolute atomic E-state index is 8.94. The van der Waals surface area contributed by atoms with E-state index in [9.17, 15) is 0 Å². The molecule has 0 rings (SSSR count). The first-order chi connectivity index (χ1) is 5.57. The molecule has 3 nitrogen and oxygen atoms in total. The Morgan fingerprint density at radius 3 is 2.33 bits per heavy atom. The number of ether oxygens (including phenoxy) is 1. The summed E-state index contributed by atoms with van der Waals surface area (Å²) < 4.78 is 5.02. The highest BCUT2D eigenvalue weighted by Crippen LogP contribution is 2.03. The van der Waals surface area contributed by atoms with Crippen LogP contribution in [0.25, 0.3) is 0 Å². The monoisotopic (exact) mass is 208 g/mol. The molecule has 70 valence electrons. The van der Waals surface area contributed by atoms with Gasteiger partial charge in [-0.05, 0) is 30.9 Å². The van der Waals surface area contributed by atoms with E-state index in [0.717, 1.165) is 6.42 Å². The zero-order valence-corrected chi connectivity index (χ0v) is 8.45. The summed E-state index contributed by atoms with van der Waals surface area (Å²) in [5, 5.41) is 17.2. The Kier molecular flexibility index (Phi) is 6.14. The van der Waals surface area contributed by atoms with Crippen LogP contribution in [0.5, 0.6) is 0 Å². The summed E-state index contributed by atoms with van der Waals surface area (Å²) in [5.41, 5.74) is 0. The normalized spacial score (nSPS) is 12.4. The summed E-state index contributed by atoms with van der Waals surface area (Å²) in [6, 6.07) is 0. The lowest BCUT2D eigenvalue weighted by atomic mass is 10.2. The summed E-state index contributed by atoms with van der Waals surface area (Å²) in [4.78, 5) is 0. The van der Waals surface area contributed by atoms with Crippen molar-refractivity contribution < 1.29 is 14.9 Å². The third-order valence-electron chi connectivity index (χ3n) is 1.23. The fourth-order valence-electron chi connectivity index (χ4n) is 0.712. The molecule has 0 saturated carbocycles. The standard InChI is InChI=1S/C7H12O3S2/c1-2-3-5(7(9)12)10-4-6(8)11/h5H,2-4H2,1H3,(H,8,11)(H,9,12). The van der Waals surface area contributed by atoms with Crippen molar-refractivity contribution in [3.05, 3.63) is 0 Å². The van der Waals surface area contributed by atoms with Crippen molar-refractivity contribution in [2.24, 2.45) is 0 Å². The van der Waals surface area contributed by atoms with Gasteiger partial charge in [-0.25, -0.2) is 0 Å². The average Bonchev–Trinajstić information content (AvgIpc) is 1.96. The molecule has 0 radical (unpaired) electrons. The van der Waals surface area contributed by atoms with Crippen molar-refractivity contribution in [3.63, 3.8) is 0 Å². The number of aliphatic hydroxyl groups is 2. The Morgan fingerprint density at radius 2 is 2.00 bits per heavy atom. The second kappa shape index (κ2) is 6.28. The van der Waals surface area contributed by atoms with Crippen LogP contribution in [0.2, 0.25) is 0 Å². The third kappa shape index (κ3) is 5.40. The van der Waals surface area contributed by atoms with Crippen LogP contribution in [0.3, 0.4) is 0 Å². The molecular formula is C7H12O3S2. The van der Waals surface area contributed by atoms with Gasteiger partial charge >= 0.3 is 0 Å². The van der Waals surface area contributed by atoms with Crippen LogP contribution in [0.4, 0.5) is 0 Å². The van der Waals surface area contributed by atoms with E-state index in [1.54, 1.807) is 0 Å². The van der Waals surface area contributed by atoms with Crippen molar-refractivity contribution in [1.82, 2.24) is 0 Å². The predicted molar refractivity (Wildman–Crippen MR) is 55.1 cm³/mol. The highest BCUT2D eigenvalue weighted by atomic mass is 32.1. The maximum Gasteiger partial charge on any atom is 0.186 e. The molecule has 5 heteroatoms. The van der Waals surface area contributed by atoms with E-state index in [-0.39, 0.29) is 16.7 Å². The first kappa shape index (κ1) is 11.7. The maximum atomic E-state index is 8.94. The lowest BCUT2D eigenvalue weighted by Crippen LogP contribution is -2.24. The van der Waals surface area contributed by atoms with Gasteiger partial charge in [0.25, 0.3) is 0 Å². The molecule has 12 heavy (non-hydrogen) atoms. The molecule has 0 aromatic carbocycles. The van der Waals surface area contributed by atoms with Crippen molar-refractivity contribution >= 4 is 34.5 Å². The van der Waals surface area contributed by atoms with Crippen LogP contribution in [0, 0.1) is 0 Å². The zero-order chi connectivity index (χ0) is 9.56. The summed E-state index contributed by atoms with van der Waals surface area (Å²) in [7, 11) is 0. The molecule has 2 N–H and O–H groups in total. The predicted octanol–water partition coefficient (Wildman–Crippen LogP) is 1.94. The topological polar surface area (TPSA) is 49.7 Å². The van der Waals surface area contributed by atoms with Gasteiger partial charge in [-0.1, -0.05) is 13.3 Å². The quantitative estimate of drug-likeness (QED) is 0.653. The molecule has 1 unspecified atom stereocenters. The second-order valence-electron chi connectivity index (χ2n) is 2.32. The Morgan fingerprint density at radius 1 is 1.42 bits per heavy atom. The van der Waals surface area contributed by atoms with E-state index in [2.05, 4.69) is 24.4 Å². The summed E-state index contributed by atoms with van der Waals surface area (Å²) in [5.74, 6) is 0. The largest absolute Gasteiger partial charge is 0.500 e. The van der Waals surface area contributed by atoms with Crippen molar-refractivity contribution in [2.45, 2.75) is 25.9 Å². The summed E-state index contributed by atoms with van der Waals surface area (Å²) in [6.07, 6.45) is 0.997. The molecule has 1 atom stereocenters. The SMILES string of the molecule is CCCC(OCC(O)=S)C(O)=S. The van der Waals surface area contributed by atoms with Gasteiger partial charge in [-0.15, -0.1) is 0 Å². The van der Waals surface area contributed by atoms with Gasteiger partial charge in [0.1, 0.15) is 12.7 Å². The Labute approximate surface area is 82.3 Å². The van der Waals surface area contributed by atoms with E-state index in [0.29, 0.717) is 6.42 Å². The van der Waals surface area contributed by atoms with Gasteiger partial charge in [0.2, 0.25) is 0 Å². The molecule has 0 bridgehead atoms. The summed E-state index contributed by atoms with van der Waals surface area (Å²) in [6.45, 7) is 1.90. The van der Waals surface area contributed by atoms with Crippen LogP contribution in [0.15, 0.2) is 0 Å². The van der Waals surface area contributed by atoms with E-state index < -0.39 is 6.10 Å². The first-order valence-corrected chi connectivity index (χ1v) is 4.45. The zero-order valence-electron chi connectivity index (χ0n) is 6.82. The molecule has 0 aliphatic heterocycles. The number of aliphatic hydroxyl groups excluding tert-OH is 2. The molecule has 0 aromatic rings. The lowest BCUT2D eigenvalue weighted by molar-refractivity contribution is 0.107. The van der Waals surface area contributed by atoms with Gasteiger partial charge in [0.05, 0.1) is 0 Å². The number of hydrogen-bond acceptors (Lipinski definition) is 3. The molecular weight excluding hydrogens is 196 g/mol. The smallest absolute Gasteiger partial charge is 0.186 e. The number of thiocarbonyl (C=S) groups is 2. The molecule has 0 spiro atoms. The molecule has 0 amide bonds. The Bertz CT molecular complexity index is 170. The second-order valence-corrected chi connectivity index (χ2v) is 3.21. The van der Waals surface area contributed by atoms with Crippen molar-refractivity contribution in [2.75, 3.05) is 6.61 Å². The Balaban J connectivity index is 3.79. The molecule has 0 aromatic heterocycles. The fourth-order valence-corrected chi connectivity index (χ4v) is 0.966. The highest BCUT2D eigenvalue weighted by Gasteiger charge is 2.13.